The van der Waals surface area contributed by atoms with Gasteiger partial charge in [0.2, 0.25) is 0 Å². The highest BCUT2D eigenvalue weighted by Gasteiger charge is 2.26. The number of imidazole rings is 1. The molecule has 5 rings (SSSR count). The number of nitrogens with zero attached hydrogens (tertiary/aromatic N) is 5. The lowest BCUT2D eigenvalue weighted by Gasteiger charge is -2.30. The van der Waals surface area contributed by atoms with Crippen LogP contribution in [0.3, 0.4) is 0 Å². The summed E-state index contributed by atoms with van der Waals surface area (Å²) in [7, 11) is 2.99. The number of aliphatic hydroxyl groups excluding tert-OH is 1. The van der Waals surface area contributed by atoms with Gasteiger partial charge in [-0.1, -0.05) is 30.0 Å². The molecule has 0 radical (unpaired) electrons. The smallest absolute Gasteiger partial charge is 0.337 e. The van der Waals surface area contributed by atoms with Gasteiger partial charge in [0.15, 0.2) is 5.82 Å². The summed E-state index contributed by atoms with van der Waals surface area (Å²) in [5.41, 5.74) is 3.08. The van der Waals surface area contributed by atoms with Crippen LogP contribution in [0.4, 0.5) is 11.5 Å². The monoisotopic (exact) mass is 489 g/mol. The second kappa shape index (κ2) is 9.87. The lowest BCUT2D eigenvalue weighted by atomic mass is 10.1. The van der Waals surface area contributed by atoms with E-state index < -0.39 is 12.1 Å². The molecule has 0 saturated heterocycles. The highest BCUT2D eigenvalue weighted by atomic mass is 32.2. The second-order valence-corrected chi connectivity index (χ2v) is 8.90. The summed E-state index contributed by atoms with van der Waals surface area (Å²) in [5, 5.41) is 11.8. The zero-order valence-electron chi connectivity index (χ0n) is 19.2. The van der Waals surface area contributed by atoms with Crippen molar-refractivity contribution >= 4 is 29.2 Å². The summed E-state index contributed by atoms with van der Waals surface area (Å²) >= 11 is 1.58. The number of aliphatic hydroxyl groups is 1. The number of anilines is 2. The Morgan fingerprint density at radius 3 is 2.63 bits per heavy atom. The fourth-order valence-electron chi connectivity index (χ4n) is 3.98. The molecule has 35 heavy (non-hydrogen) atoms. The van der Waals surface area contributed by atoms with E-state index in [2.05, 4.69) is 33.2 Å². The predicted molar refractivity (Wildman–Crippen MR) is 130 cm³/mol. The van der Waals surface area contributed by atoms with E-state index in [9.17, 15) is 9.90 Å². The quantitative estimate of drug-likeness (QED) is 0.388. The van der Waals surface area contributed by atoms with Crippen LogP contribution in [0.5, 0.6) is 0 Å². The number of benzene rings is 2. The standard InChI is InChI=1S/C25H23N5O4S/c1-33-15-30-19-13-16(3-8-20(19)35-24-23(30)26-9-10-28-24)14-29-12-11-27-22(29)21(31)17-4-6-18(7-5-17)25(32)34-2/h3-13,21,31H,14-15H2,1-2H3. The number of carbonyl (C=O) groups excluding carboxylic acids is 1. The van der Waals surface area contributed by atoms with Crippen LogP contribution >= 0.6 is 11.8 Å². The normalized spacial score (nSPS) is 13.2. The van der Waals surface area contributed by atoms with Crippen molar-refractivity contribution in [3.8, 4) is 0 Å². The first-order valence-electron chi connectivity index (χ1n) is 10.8. The molecular formula is C25H23N5O4S. The van der Waals surface area contributed by atoms with Gasteiger partial charge in [-0.2, -0.15) is 0 Å². The largest absolute Gasteiger partial charge is 0.465 e. The molecule has 0 bridgehead atoms. The van der Waals surface area contributed by atoms with E-state index in [1.165, 1.54) is 7.11 Å². The highest BCUT2D eigenvalue weighted by molar-refractivity contribution is 7.99. The molecular weight excluding hydrogens is 466 g/mol. The number of carbonyl (C=O) groups is 1. The van der Waals surface area contributed by atoms with Crippen LogP contribution in [0, 0.1) is 0 Å². The van der Waals surface area contributed by atoms with Gasteiger partial charge in [0, 0.05) is 43.3 Å². The van der Waals surface area contributed by atoms with Gasteiger partial charge in [0.05, 0.1) is 18.4 Å². The molecule has 178 valence electrons. The van der Waals surface area contributed by atoms with Crippen molar-refractivity contribution in [1.82, 2.24) is 19.5 Å². The van der Waals surface area contributed by atoms with Gasteiger partial charge < -0.3 is 19.1 Å². The Labute approximate surface area is 206 Å². The molecule has 0 spiro atoms. The van der Waals surface area contributed by atoms with Gasteiger partial charge in [0.1, 0.15) is 23.7 Å². The first kappa shape index (κ1) is 23.0. The Balaban J connectivity index is 1.41. The Bertz CT molecular complexity index is 1360. The number of hydrogen-bond donors (Lipinski definition) is 1. The predicted octanol–water partition coefficient (Wildman–Crippen LogP) is 3.80. The topological polar surface area (TPSA) is 103 Å². The number of esters is 1. The third-order valence-electron chi connectivity index (χ3n) is 5.67. The molecule has 1 aliphatic heterocycles. The Kier molecular flexibility index (Phi) is 6.49. The summed E-state index contributed by atoms with van der Waals surface area (Å²) in [6.07, 6.45) is 5.91. The van der Waals surface area contributed by atoms with Crippen molar-refractivity contribution in [2.45, 2.75) is 22.6 Å². The summed E-state index contributed by atoms with van der Waals surface area (Å²) < 4.78 is 12.1. The number of methoxy groups -OCH3 is 2. The summed E-state index contributed by atoms with van der Waals surface area (Å²) in [6.45, 7) is 0.859. The molecule has 0 fully saturated rings. The maximum Gasteiger partial charge on any atom is 0.337 e. The number of fused-ring (bicyclic) bond motifs is 2. The van der Waals surface area contributed by atoms with E-state index in [1.807, 2.05) is 15.7 Å². The Morgan fingerprint density at radius 1 is 1.06 bits per heavy atom. The van der Waals surface area contributed by atoms with Crippen molar-refractivity contribution < 1.29 is 19.4 Å². The van der Waals surface area contributed by atoms with E-state index in [0.29, 0.717) is 30.2 Å². The lowest BCUT2D eigenvalue weighted by molar-refractivity contribution is 0.0600. The fraction of sp³-hybridized carbons (Fsp3) is 0.200. The van der Waals surface area contributed by atoms with Crippen LogP contribution in [-0.4, -0.2) is 51.5 Å². The molecule has 3 heterocycles. The average Bonchev–Trinajstić information content (AvgIpc) is 3.36. The molecule has 4 aromatic rings. The van der Waals surface area contributed by atoms with Crippen LogP contribution in [0.2, 0.25) is 0 Å². The molecule has 1 N–H and O–H groups in total. The van der Waals surface area contributed by atoms with E-state index in [0.717, 1.165) is 27.0 Å². The molecule has 10 heteroatoms. The minimum Gasteiger partial charge on any atom is -0.465 e. The van der Waals surface area contributed by atoms with Crippen molar-refractivity contribution in [3.63, 3.8) is 0 Å². The molecule has 1 unspecified atom stereocenters. The zero-order chi connectivity index (χ0) is 24.4. The first-order valence-corrected chi connectivity index (χ1v) is 11.7. The average molecular weight is 490 g/mol. The number of aromatic nitrogens is 4. The number of ether oxygens (including phenoxy) is 2. The van der Waals surface area contributed by atoms with E-state index in [4.69, 9.17) is 9.47 Å². The molecule has 0 amide bonds. The summed E-state index contributed by atoms with van der Waals surface area (Å²) in [4.78, 5) is 28.1. The van der Waals surface area contributed by atoms with Gasteiger partial charge in [-0.15, -0.1) is 0 Å². The van der Waals surface area contributed by atoms with Gasteiger partial charge >= 0.3 is 5.97 Å². The molecule has 1 aliphatic rings. The Morgan fingerprint density at radius 2 is 1.86 bits per heavy atom. The molecule has 2 aromatic heterocycles. The lowest BCUT2D eigenvalue weighted by Crippen LogP contribution is -2.24. The molecule has 2 aromatic carbocycles. The summed E-state index contributed by atoms with van der Waals surface area (Å²) in [6, 6.07) is 12.9. The van der Waals surface area contributed by atoms with Crippen LogP contribution in [-0.2, 0) is 16.0 Å². The van der Waals surface area contributed by atoms with Gasteiger partial charge in [-0.05, 0) is 35.4 Å². The first-order chi connectivity index (χ1) is 17.1. The van der Waals surface area contributed by atoms with Crippen LogP contribution in [0.1, 0.15) is 33.4 Å². The van der Waals surface area contributed by atoms with Crippen molar-refractivity contribution in [1.29, 1.82) is 0 Å². The minimum atomic E-state index is -0.947. The third-order valence-corrected chi connectivity index (χ3v) is 6.72. The molecule has 0 aliphatic carbocycles. The molecule has 1 atom stereocenters. The minimum absolute atomic E-state index is 0.347. The van der Waals surface area contributed by atoms with Crippen molar-refractivity contribution in [3.05, 3.63) is 89.8 Å². The second-order valence-electron chi connectivity index (χ2n) is 7.86. The van der Waals surface area contributed by atoms with Crippen LogP contribution in [0.25, 0.3) is 0 Å². The van der Waals surface area contributed by atoms with E-state index >= 15 is 0 Å². The third kappa shape index (κ3) is 4.51. The van der Waals surface area contributed by atoms with Crippen LogP contribution < -0.4 is 4.90 Å². The zero-order valence-corrected chi connectivity index (χ0v) is 20.0. The molecule has 0 saturated carbocycles. The fourth-order valence-corrected chi connectivity index (χ4v) is 4.96. The Hall–Kier alpha value is -3.73. The maximum atomic E-state index is 11.7. The highest BCUT2D eigenvalue weighted by Crippen LogP contribution is 2.46. The van der Waals surface area contributed by atoms with Gasteiger partial charge in [0.25, 0.3) is 0 Å². The van der Waals surface area contributed by atoms with Gasteiger partial charge in [-0.3, -0.25) is 4.90 Å². The van der Waals surface area contributed by atoms with E-state index in [1.54, 1.807) is 61.7 Å². The number of hydrogen-bond acceptors (Lipinski definition) is 9. The SMILES string of the molecule is COCN1c2cc(Cn3ccnc3C(O)c3ccc(C(=O)OC)cc3)ccc2Sc2nccnc21. The number of rotatable bonds is 7. The maximum absolute atomic E-state index is 11.7. The van der Waals surface area contributed by atoms with Gasteiger partial charge in [-0.25, -0.2) is 19.7 Å². The van der Waals surface area contributed by atoms with E-state index in [-0.39, 0.29) is 0 Å². The van der Waals surface area contributed by atoms with Crippen molar-refractivity contribution in [2.24, 2.45) is 0 Å². The van der Waals surface area contributed by atoms with Crippen molar-refractivity contribution in [2.75, 3.05) is 25.9 Å². The summed E-state index contributed by atoms with van der Waals surface area (Å²) in [5.74, 6) is 0.847. The van der Waals surface area contributed by atoms with Crippen LogP contribution in [0.15, 0.2) is 77.2 Å². The molecule has 9 nitrogen and oxygen atoms in total.